The lowest BCUT2D eigenvalue weighted by Crippen LogP contribution is -2.61. The van der Waals surface area contributed by atoms with E-state index >= 15 is 0 Å². The van der Waals surface area contributed by atoms with Gasteiger partial charge >= 0.3 is 13.3 Å². The summed E-state index contributed by atoms with van der Waals surface area (Å²) in [6, 6.07) is 13.2. The molecule has 3 aromatic carbocycles. The second kappa shape index (κ2) is 25.6. The molecule has 4 saturated heterocycles. The number of nitrogens with one attached hydrogen (secondary N) is 4. The fourth-order valence-electron chi connectivity index (χ4n) is 11.7. The van der Waals surface area contributed by atoms with Crippen LogP contribution in [-0.2, 0) is 56.8 Å². The van der Waals surface area contributed by atoms with Crippen LogP contribution in [0.25, 0.3) is 10.1 Å². The number of aryl methyl sites for hydroxylation is 1. The third-order valence-corrected chi connectivity index (χ3v) is 18.5. The number of nitrogens with two attached hydrogens (primary N) is 1. The minimum atomic E-state index is -5.87. The van der Waals surface area contributed by atoms with Gasteiger partial charge in [-0.3, -0.25) is 53.0 Å². The molecule has 4 fully saturated rings. The van der Waals surface area contributed by atoms with Crippen molar-refractivity contribution in [1.82, 2.24) is 40.9 Å². The number of primary amides is 1. The van der Waals surface area contributed by atoms with Gasteiger partial charge in [-0.1, -0.05) is 54.3 Å². The SMILES string of the molecule is CN1CC[C@H]2CC[C@@H](C(=O)NC(CCC(N)=O)C(=O)NC(CCc3ccccc3)C(=O)N3CCC(CCC#Cc4cccc5c4CN(C4CCC(=O)NC4=O)C5=O)CC3)N2C(=O)[C@@H](NC(=O)c2cc3cc(C(F)(F)P(=O)(O)O)ccc3s2)C1. The fourth-order valence-corrected chi connectivity index (χ4v) is 13.2. The van der Waals surface area contributed by atoms with E-state index in [2.05, 4.69) is 33.1 Å². The smallest absolute Gasteiger partial charge is 0.370 e. The number of likely N-dealkylation sites (N-methyl/N-ethyl adjacent to an activating group) is 1. The van der Waals surface area contributed by atoms with Crippen LogP contribution in [0.15, 0.2) is 72.8 Å². The van der Waals surface area contributed by atoms with Crippen LogP contribution < -0.4 is 27.0 Å². The number of hydrogen-bond acceptors (Lipinski definition) is 12. The van der Waals surface area contributed by atoms with E-state index in [1.807, 2.05) is 41.3 Å². The first kappa shape index (κ1) is 60.2. The molecule has 8 N–H and O–H groups in total. The van der Waals surface area contributed by atoms with Crippen LogP contribution in [-0.4, -0.2) is 152 Å². The van der Waals surface area contributed by atoms with Crippen molar-refractivity contribution in [3.8, 4) is 11.8 Å². The van der Waals surface area contributed by atoms with E-state index in [0.717, 1.165) is 41.0 Å². The number of thiophene rings is 1. The summed E-state index contributed by atoms with van der Waals surface area (Å²) in [6.45, 7) is 1.57. The lowest BCUT2D eigenvalue weighted by Gasteiger charge is -2.38. The Labute approximate surface area is 481 Å². The van der Waals surface area contributed by atoms with Gasteiger partial charge in [0.05, 0.1) is 4.88 Å². The Kier molecular flexibility index (Phi) is 18.6. The van der Waals surface area contributed by atoms with E-state index in [1.165, 1.54) is 21.9 Å². The summed E-state index contributed by atoms with van der Waals surface area (Å²) < 4.78 is 41.1. The molecule has 0 aliphatic carbocycles. The largest absolute Gasteiger partial charge is 0.399 e. The van der Waals surface area contributed by atoms with Gasteiger partial charge in [-0.25, -0.2) is 0 Å². The average Bonchev–Trinajstić information content (AvgIpc) is 4.40. The zero-order valence-electron chi connectivity index (χ0n) is 45.7. The number of nitrogens with zero attached hydrogens (tertiary/aromatic N) is 4. The molecule has 21 nitrogen and oxygen atoms in total. The van der Waals surface area contributed by atoms with Gasteiger partial charge in [-0.2, -0.15) is 8.78 Å². The molecule has 0 spiro atoms. The number of amides is 9. The zero-order valence-corrected chi connectivity index (χ0v) is 47.4. The van der Waals surface area contributed by atoms with Gasteiger partial charge in [0, 0.05) is 72.9 Å². The Morgan fingerprint density at radius 1 is 0.892 bits per heavy atom. The highest BCUT2D eigenvalue weighted by Crippen LogP contribution is 2.59. The lowest BCUT2D eigenvalue weighted by atomic mass is 9.91. The molecule has 83 heavy (non-hydrogen) atoms. The summed E-state index contributed by atoms with van der Waals surface area (Å²) in [5.41, 5.74) is 3.01. The van der Waals surface area contributed by atoms with Gasteiger partial charge in [0.25, 0.3) is 11.8 Å². The van der Waals surface area contributed by atoms with Crippen molar-refractivity contribution >= 4 is 82.2 Å². The van der Waals surface area contributed by atoms with E-state index in [9.17, 15) is 66.3 Å². The maximum absolute atomic E-state index is 14.6. The van der Waals surface area contributed by atoms with Crippen LogP contribution in [0.3, 0.4) is 0 Å². The molecule has 5 aliphatic heterocycles. The van der Waals surface area contributed by atoms with Gasteiger partial charge in [0.2, 0.25) is 41.4 Å². The third kappa shape index (κ3) is 13.8. The van der Waals surface area contributed by atoms with Crippen molar-refractivity contribution in [3.05, 3.63) is 105 Å². The Hall–Kier alpha value is -7.42. The Morgan fingerprint density at radius 3 is 2.37 bits per heavy atom. The van der Waals surface area contributed by atoms with E-state index in [0.29, 0.717) is 74.0 Å². The van der Waals surface area contributed by atoms with Crippen molar-refractivity contribution in [2.24, 2.45) is 11.7 Å². The molecule has 6 heterocycles. The van der Waals surface area contributed by atoms with Gasteiger partial charge in [-0.05, 0) is 131 Å². The molecule has 0 radical (unpaired) electrons. The normalized spacial score (nSPS) is 21.4. The van der Waals surface area contributed by atoms with E-state index in [1.54, 1.807) is 24.1 Å². The summed E-state index contributed by atoms with van der Waals surface area (Å²) in [6.07, 6.45) is 4.33. The number of rotatable bonds is 18. The van der Waals surface area contributed by atoms with Crippen molar-refractivity contribution in [2.75, 3.05) is 33.2 Å². The molecule has 0 saturated carbocycles. The molecule has 3 unspecified atom stereocenters. The first-order valence-corrected chi connectivity index (χ1v) is 30.3. The molecule has 9 rings (SSSR count). The number of hydrogen-bond donors (Lipinski definition) is 7. The van der Waals surface area contributed by atoms with Crippen molar-refractivity contribution < 1.29 is 66.3 Å². The van der Waals surface area contributed by atoms with Gasteiger partial charge < -0.3 is 51.1 Å². The highest BCUT2D eigenvalue weighted by atomic mass is 32.1. The van der Waals surface area contributed by atoms with E-state index in [4.69, 9.17) is 5.73 Å². The molecular weight excluding hydrogens is 1120 g/mol. The monoisotopic (exact) mass is 1180 g/mol. The lowest BCUT2D eigenvalue weighted by molar-refractivity contribution is -0.144. The summed E-state index contributed by atoms with van der Waals surface area (Å²) in [4.78, 5) is 147. The van der Waals surface area contributed by atoms with Gasteiger partial charge in [0.15, 0.2) is 0 Å². The molecule has 1 aromatic heterocycles. The molecule has 6 atom stereocenters. The number of likely N-dealkylation sites (tertiary alicyclic amines) is 1. The molecule has 5 aliphatic rings. The van der Waals surface area contributed by atoms with Crippen LogP contribution in [0.2, 0.25) is 0 Å². The Morgan fingerprint density at radius 2 is 1.65 bits per heavy atom. The van der Waals surface area contributed by atoms with E-state index < -0.39 is 90.5 Å². The minimum Gasteiger partial charge on any atom is -0.370 e. The van der Waals surface area contributed by atoms with Crippen LogP contribution in [0, 0.1) is 17.8 Å². The van der Waals surface area contributed by atoms with Crippen molar-refractivity contribution in [3.63, 3.8) is 0 Å². The van der Waals surface area contributed by atoms with Crippen molar-refractivity contribution in [2.45, 2.75) is 132 Å². The molecule has 0 bridgehead atoms. The Balaban J connectivity index is 0.835. The summed E-state index contributed by atoms with van der Waals surface area (Å²) in [5, 5.41) is 10.9. The molecule has 440 valence electrons. The van der Waals surface area contributed by atoms with Crippen LogP contribution in [0.5, 0.6) is 0 Å². The predicted molar refractivity (Wildman–Crippen MR) is 300 cm³/mol. The third-order valence-electron chi connectivity index (χ3n) is 16.4. The number of imide groups is 1. The number of alkyl halides is 2. The second-order valence-corrected chi connectivity index (χ2v) is 24.7. The first-order chi connectivity index (χ1) is 39.6. The number of carbonyl (C=O) groups excluding carboxylic acids is 9. The number of carbonyl (C=O) groups is 9. The number of benzene rings is 3. The maximum Gasteiger partial charge on any atom is 0.399 e. The summed E-state index contributed by atoms with van der Waals surface area (Å²) >= 11 is 0.924. The van der Waals surface area contributed by atoms with Crippen LogP contribution in [0.4, 0.5) is 8.78 Å². The quantitative estimate of drug-likeness (QED) is 0.0426. The van der Waals surface area contributed by atoms with E-state index in [-0.39, 0.29) is 85.5 Å². The van der Waals surface area contributed by atoms with Crippen LogP contribution >= 0.6 is 18.9 Å². The standard InChI is InChI=1S/C58H66F2N9O12PS/c1-66-27-26-39-16-19-46(69(39)57(78)44(33-66)64-54(75)48-31-37-30-38(15-21-47(37)83-48)58(59,60)82(79,80)81)53(74)62-42(18-22-49(61)70)51(72)63-43(17-14-34-8-3-2-4-9-34)56(77)67-28-24-35(25-29-67)10-5-6-11-36-12-7-13-40-41(36)32-68(55(40)76)45-20-23-50(71)65-52(45)73/h2-4,7-9,12-13,15,21,30-31,35,39,42-46H,5,10,14,16-20,22-29,32-33H2,1H3,(H2,61,70)(H,62,74)(H,63,72)(H,64,75)(H,65,71,73)(H2,79,80,81)/t39-,42?,43?,44+,45?,46+/m1/s1. The number of piperidine rings is 2. The highest BCUT2D eigenvalue weighted by molar-refractivity contribution is 7.52. The van der Waals surface area contributed by atoms with Gasteiger partial charge in [0.1, 0.15) is 30.2 Å². The predicted octanol–water partition coefficient (Wildman–Crippen LogP) is 3.62. The minimum absolute atomic E-state index is 0.0327. The summed E-state index contributed by atoms with van der Waals surface area (Å²) in [5.74, 6) is 1.87. The zero-order chi connectivity index (χ0) is 59.3. The van der Waals surface area contributed by atoms with Crippen LogP contribution in [0.1, 0.15) is 119 Å². The number of fused-ring (bicyclic) bond motifs is 3. The first-order valence-electron chi connectivity index (χ1n) is 27.8. The summed E-state index contributed by atoms with van der Waals surface area (Å²) in [7, 11) is -4.09. The van der Waals surface area contributed by atoms with Gasteiger partial charge in [-0.15, -0.1) is 11.3 Å². The number of halogens is 2. The maximum atomic E-state index is 14.6. The average molecular weight is 1180 g/mol. The fraction of sp³-hybridized carbons (Fsp3) is 0.466. The molecule has 25 heteroatoms. The molecule has 4 aromatic rings. The molecule has 9 amide bonds. The van der Waals surface area contributed by atoms with Crippen molar-refractivity contribution in [1.29, 1.82) is 0 Å². The topological polar surface area (TPSA) is 298 Å². The highest BCUT2D eigenvalue weighted by Gasteiger charge is 2.51. The Bertz CT molecular complexity index is 3320. The second-order valence-electron chi connectivity index (χ2n) is 22.0. The molecular formula is C58H66F2N9O12PS.